The Bertz CT molecular complexity index is 692. The normalized spacial score (nSPS) is 18.1. The number of nitrogens with two attached hydrogens (primary N) is 2. The lowest BCUT2D eigenvalue weighted by Crippen LogP contribution is -2.39. The van der Waals surface area contributed by atoms with Gasteiger partial charge in [-0.3, -0.25) is 0 Å². The first-order valence-electron chi connectivity index (χ1n) is 6.64. The second-order valence-electron chi connectivity index (χ2n) is 5.30. The van der Waals surface area contributed by atoms with Crippen molar-refractivity contribution in [3.05, 3.63) is 24.0 Å². The molecule has 1 saturated heterocycles. The maximum Gasteiger partial charge on any atom is 0.251 e. The van der Waals surface area contributed by atoms with Crippen LogP contribution in [0.2, 0.25) is 0 Å². The molecule has 0 radical (unpaired) electrons. The summed E-state index contributed by atoms with van der Waals surface area (Å²) >= 11 is 0. The molecule has 1 aliphatic rings. The van der Waals surface area contributed by atoms with E-state index in [1.54, 1.807) is 11.0 Å². The Morgan fingerprint density at radius 2 is 1.76 bits per heavy atom. The maximum absolute atomic E-state index is 13.4. The Morgan fingerprint density at radius 1 is 1.10 bits per heavy atom. The van der Waals surface area contributed by atoms with E-state index in [0.29, 0.717) is 16.6 Å². The topological polar surface area (TPSA) is 68.2 Å². The summed E-state index contributed by atoms with van der Waals surface area (Å²) in [6, 6.07) is 4.41. The SMILES string of the molecule is Nc1cc2cc(N3CCC(F)(F)CC3)c(N)nc2cc1F. The van der Waals surface area contributed by atoms with Gasteiger partial charge in [0.15, 0.2) is 0 Å². The highest BCUT2D eigenvalue weighted by Gasteiger charge is 2.34. The molecule has 1 aliphatic heterocycles. The molecule has 112 valence electrons. The Hall–Kier alpha value is -2.18. The largest absolute Gasteiger partial charge is 0.396 e. The van der Waals surface area contributed by atoms with Gasteiger partial charge in [0.05, 0.1) is 16.9 Å². The summed E-state index contributed by atoms with van der Waals surface area (Å²) in [6.45, 7) is 0.419. The average molecular weight is 296 g/mol. The zero-order valence-corrected chi connectivity index (χ0v) is 11.2. The third kappa shape index (κ3) is 2.55. The van der Waals surface area contributed by atoms with Crippen LogP contribution in [0.25, 0.3) is 10.9 Å². The summed E-state index contributed by atoms with van der Waals surface area (Å²) in [7, 11) is 0. The van der Waals surface area contributed by atoms with Gasteiger partial charge >= 0.3 is 0 Å². The lowest BCUT2D eigenvalue weighted by atomic mass is 10.1. The zero-order valence-electron chi connectivity index (χ0n) is 11.2. The second kappa shape index (κ2) is 4.68. The number of aromatic nitrogens is 1. The first kappa shape index (κ1) is 13.8. The Kier molecular flexibility index (Phi) is 3.07. The van der Waals surface area contributed by atoms with Crippen LogP contribution in [0.4, 0.5) is 30.4 Å². The number of rotatable bonds is 1. The lowest BCUT2D eigenvalue weighted by molar-refractivity contribution is -0.0220. The monoisotopic (exact) mass is 296 g/mol. The molecule has 1 aromatic carbocycles. The molecule has 21 heavy (non-hydrogen) atoms. The minimum Gasteiger partial charge on any atom is -0.396 e. The number of pyridine rings is 1. The van der Waals surface area contributed by atoms with E-state index in [9.17, 15) is 13.2 Å². The average Bonchev–Trinajstić information content (AvgIpc) is 2.41. The van der Waals surface area contributed by atoms with Crippen molar-refractivity contribution in [3.8, 4) is 0 Å². The number of alkyl halides is 2. The van der Waals surface area contributed by atoms with Crippen molar-refractivity contribution < 1.29 is 13.2 Å². The van der Waals surface area contributed by atoms with E-state index in [4.69, 9.17) is 11.5 Å². The Balaban J connectivity index is 1.99. The summed E-state index contributed by atoms with van der Waals surface area (Å²) in [5.41, 5.74) is 12.4. The number of fused-ring (bicyclic) bond motifs is 1. The molecule has 4 nitrogen and oxygen atoms in total. The number of hydrogen-bond acceptors (Lipinski definition) is 4. The van der Waals surface area contributed by atoms with Crippen LogP contribution >= 0.6 is 0 Å². The van der Waals surface area contributed by atoms with Crippen LogP contribution in [0.1, 0.15) is 12.8 Å². The van der Waals surface area contributed by atoms with Gasteiger partial charge in [-0.1, -0.05) is 0 Å². The first-order chi connectivity index (χ1) is 9.85. The molecule has 0 spiro atoms. The minimum absolute atomic E-state index is 0.0187. The van der Waals surface area contributed by atoms with Crippen LogP contribution < -0.4 is 16.4 Å². The van der Waals surface area contributed by atoms with Crippen LogP contribution in [-0.2, 0) is 0 Å². The third-order valence-corrected chi connectivity index (χ3v) is 3.78. The molecule has 1 aromatic heterocycles. The van der Waals surface area contributed by atoms with Crippen molar-refractivity contribution >= 4 is 28.1 Å². The highest BCUT2D eigenvalue weighted by atomic mass is 19.3. The predicted octanol–water partition coefficient (Wildman–Crippen LogP) is 2.77. The van der Waals surface area contributed by atoms with Crippen LogP contribution in [0.15, 0.2) is 18.2 Å². The quantitative estimate of drug-likeness (QED) is 0.794. The van der Waals surface area contributed by atoms with E-state index >= 15 is 0 Å². The van der Waals surface area contributed by atoms with E-state index < -0.39 is 11.7 Å². The molecule has 1 fully saturated rings. The maximum atomic E-state index is 13.4. The number of piperidine rings is 1. The fraction of sp³-hybridized carbons (Fsp3) is 0.357. The minimum atomic E-state index is -2.62. The summed E-state index contributed by atoms with van der Waals surface area (Å²) < 4.78 is 39.8. The van der Waals surface area contributed by atoms with E-state index in [0.717, 1.165) is 0 Å². The summed E-state index contributed by atoms with van der Waals surface area (Å²) in [5, 5.41) is 0.635. The molecule has 7 heteroatoms. The van der Waals surface area contributed by atoms with Gasteiger partial charge in [0.2, 0.25) is 0 Å². The fourth-order valence-electron chi connectivity index (χ4n) is 2.55. The third-order valence-electron chi connectivity index (χ3n) is 3.78. The molecule has 4 N–H and O–H groups in total. The standard InChI is InChI=1S/C14H15F3N4/c15-9-7-11-8(5-10(9)18)6-12(13(19)20-11)21-3-1-14(16,17)2-4-21/h5-7H,1-4,18H2,(H2,19,20). The molecule has 2 aromatic rings. The van der Waals surface area contributed by atoms with Gasteiger partial charge in [-0.25, -0.2) is 18.2 Å². The van der Waals surface area contributed by atoms with Gasteiger partial charge in [0.1, 0.15) is 11.6 Å². The van der Waals surface area contributed by atoms with E-state index in [1.807, 2.05) is 0 Å². The number of nitrogen functional groups attached to an aromatic ring is 2. The van der Waals surface area contributed by atoms with Crippen LogP contribution in [0.5, 0.6) is 0 Å². The number of nitrogens with zero attached hydrogens (tertiary/aromatic N) is 2. The van der Waals surface area contributed by atoms with Gasteiger partial charge < -0.3 is 16.4 Å². The molecular weight excluding hydrogens is 281 g/mol. The molecule has 0 saturated carbocycles. The molecule has 0 aliphatic carbocycles. The van der Waals surface area contributed by atoms with Crippen molar-refractivity contribution in [2.75, 3.05) is 29.5 Å². The molecule has 0 bridgehead atoms. The highest BCUT2D eigenvalue weighted by molar-refractivity contribution is 5.88. The van der Waals surface area contributed by atoms with Crippen molar-refractivity contribution in [3.63, 3.8) is 0 Å². The molecule has 0 atom stereocenters. The Morgan fingerprint density at radius 3 is 2.43 bits per heavy atom. The predicted molar refractivity (Wildman–Crippen MR) is 76.9 cm³/mol. The summed E-state index contributed by atoms with van der Waals surface area (Å²) in [4.78, 5) is 5.92. The van der Waals surface area contributed by atoms with E-state index in [2.05, 4.69) is 4.98 Å². The van der Waals surface area contributed by atoms with Crippen molar-refractivity contribution in [2.45, 2.75) is 18.8 Å². The molecule has 0 amide bonds. The van der Waals surface area contributed by atoms with Crippen molar-refractivity contribution in [1.82, 2.24) is 4.98 Å². The molecule has 2 heterocycles. The number of halogens is 3. The second-order valence-corrected chi connectivity index (χ2v) is 5.30. The van der Waals surface area contributed by atoms with Crippen LogP contribution in [-0.4, -0.2) is 24.0 Å². The number of hydrogen-bond donors (Lipinski definition) is 2. The lowest BCUT2D eigenvalue weighted by Gasteiger charge is -2.33. The van der Waals surface area contributed by atoms with Gasteiger partial charge in [0.25, 0.3) is 5.92 Å². The van der Waals surface area contributed by atoms with E-state index in [-0.39, 0.29) is 37.4 Å². The van der Waals surface area contributed by atoms with Gasteiger partial charge in [0, 0.05) is 37.4 Å². The van der Waals surface area contributed by atoms with Gasteiger partial charge in [-0.05, 0) is 12.1 Å². The molecule has 0 unspecified atom stereocenters. The van der Waals surface area contributed by atoms with Gasteiger partial charge in [-0.2, -0.15) is 0 Å². The van der Waals surface area contributed by atoms with Crippen molar-refractivity contribution in [2.24, 2.45) is 0 Å². The first-order valence-corrected chi connectivity index (χ1v) is 6.64. The molecule has 3 rings (SSSR count). The number of benzene rings is 1. The summed E-state index contributed by atoms with van der Waals surface area (Å²) in [5.74, 6) is -2.97. The Labute approximate surface area is 119 Å². The van der Waals surface area contributed by atoms with Gasteiger partial charge in [-0.15, -0.1) is 0 Å². The van der Waals surface area contributed by atoms with Crippen LogP contribution in [0.3, 0.4) is 0 Å². The summed E-state index contributed by atoms with van der Waals surface area (Å²) in [6.07, 6.45) is -0.425. The van der Waals surface area contributed by atoms with Crippen LogP contribution in [0, 0.1) is 5.82 Å². The van der Waals surface area contributed by atoms with Crippen molar-refractivity contribution in [1.29, 1.82) is 0 Å². The zero-order chi connectivity index (χ0) is 15.2. The highest BCUT2D eigenvalue weighted by Crippen LogP contribution is 2.34. The smallest absolute Gasteiger partial charge is 0.251 e. The fourth-order valence-corrected chi connectivity index (χ4v) is 2.55. The van der Waals surface area contributed by atoms with E-state index in [1.165, 1.54) is 12.1 Å². The number of anilines is 3. The molecular formula is C14H15F3N4.